The molecule has 0 aliphatic carbocycles. The number of aliphatic hydroxyl groups excluding tert-OH is 1. The predicted molar refractivity (Wildman–Crippen MR) is 77.2 cm³/mol. The Hall–Kier alpha value is -1.10. The largest absolute Gasteiger partial charge is 0.369 e. The van der Waals surface area contributed by atoms with Gasteiger partial charge in [-0.05, 0) is 32.9 Å². The highest BCUT2D eigenvalue weighted by Gasteiger charge is 2.25. The van der Waals surface area contributed by atoms with Crippen molar-refractivity contribution in [2.24, 2.45) is 0 Å². The van der Waals surface area contributed by atoms with Gasteiger partial charge in [-0.15, -0.1) is 0 Å². The molecular weight excluding hydrogens is 240 g/mol. The number of hydrogen-bond donors (Lipinski definition) is 2. The molecule has 0 atom stereocenters. The van der Waals surface area contributed by atoms with Crippen LogP contribution in [0.3, 0.4) is 0 Å². The van der Waals surface area contributed by atoms with Crippen molar-refractivity contribution in [2.75, 3.05) is 31.1 Å². The summed E-state index contributed by atoms with van der Waals surface area (Å²) in [5.74, 6) is 0. The van der Waals surface area contributed by atoms with Gasteiger partial charge in [0.15, 0.2) is 6.29 Å². The molecule has 0 radical (unpaired) electrons. The molecule has 0 saturated carbocycles. The molecule has 106 valence electrons. The van der Waals surface area contributed by atoms with Crippen LogP contribution >= 0.6 is 0 Å². The Kier molecular flexibility index (Phi) is 4.13. The van der Waals surface area contributed by atoms with Crippen LogP contribution in [-0.2, 0) is 0 Å². The lowest BCUT2D eigenvalue weighted by Gasteiger charge is -2.43. The molecule has 0 amide bonds. The summed E-state index contributed by atoms with van der Waals surface area (Å²) in [6.07, 6.45) is -1.38. The van der Waals surface area contributed by atoms with E-state index >= 15 is 0 Å². The summed E-state index contributed by atoms with van der Waals surface area (Å²) >= 11 is 0. The normalized spacial score (nSPS) is 18.1. The van der Waals surface area contributed by atoms with Gasteiger partial charge in [-0.3, -0.25) is 4.90 Å². The number of piperazine rings is 1. The minimum Gasteiger partial charge on any atom is -0.369 e. The molecule has 1 aliphatic heterocycles. The fraction of sp³-hybridized carbons (Fsp3) is 0.600. The van der Waals surface area contributed by atoms with Gasteiger partial charge >= 0.3 is 0 Å². The number of aliphatic hydroxyl groups is 2. The van der Waals surface area contributed by atoms with Gasteiger partial charge in [-0.1, -0.05) is 12.1 Å². The van der Waals surface area contributed by atoms with Crippen LogP contribution in [0.25, 0.3) is 0 Å². The topological polar surface area (TPSA) is 46.9 Å². The Labute approximate surface area is 115 Å². The first-order valence-electron chi connectivity index (χ1n) is 6.84. The number of anilines is 1. The van der Waals surface area contributed by atoms with Crippen LogP contribution in [0.4, 0.5) is 5.69 Å². The average Bonchev–Trinajstić information content (AvgIpc) is 2.38. The Balaban J connectivity index is 1.98. The number of benzene rings is 1. The summed E-state index contributed by atoms with van der Waals surface area (Å²) in [7, 11) is 0. The zero-order valence-corrected chi connectivity index (χ0v) is 12.0. The minimum absolute atomic E-state index is 0.233. The monoisotopic (exact) mass is 264 g/mol. The van der Waals surface area contributed by atoms with Gasteiger partial charge in [0, 0.05) is 43.0 Å². The molecule has 0 spiro atoms. The first kappa shape index (κ1) is 14.3. The SMILES string of the molecule is CC(C)(C)N1CCN(c2ccc(C(O)O)cc2)CC1. The van der Waals surface area contributed by atoms with Crippen molar-refractivity contribution in [1.82, 2.24) is 4.90 Å². The molecule has 2 N–H and O–H groups in total. The fourth-order valence-electron chi connectivity index (χ4n) is 2.49. The summed E-state index contributed by atoms with van der Waals surface area (Å²) in [6.45, 7) is 10.9. The Morgan fingerprint density at radius 3 is 1.89 bits per heavy atom. The summed E-state index contributed by atoms with van der Waals surface area (Å²) in [5.41, 5.74) is 1.92. The van der Waals surface area contributed by atoms with Crippen molar-refractivity contribution >= 4 is 5.69 Å². The lowest BCUT2D eigenvalue weighted by molar-refractivity contribution is -0.0424. The Morgan fingerprint density at radius 1 is 0.947 bits per heavy atom. The van der Waals surface area contributed by atoms with Crippen molar-refractivity contribution in [3.63, 3.8) is 0 Å². The molecule has 0 bridgehead atoms. The molecule has 1 aromatic carbocycles. The molecule has 4 nitrogen and oxygen atoms in total. The number of nitrogens with zero attached hydrogens (tertiary/aromatic N) is 2. The van der Waals surface area contributed by atoms with Crippen molar-refractivity contribution in [2.45, 2.75) is 32.6 Å². The molecule has 0 unspecified atom stereocenters. The first-order valence-corrected chi connectivity index (χ1v) is 6.84. The van der Waals surface area contributed by atoms with Gasteiger partial charge in [-0.25, -0.2) is 0 Å². The fourth-order valence-corrected chi connectivity index (χ4v) is 2.49. The van der Waals surface area contributed by atoms with E-state index in [1.807, 2.05) is 12.1 Å². The Bertz CT molecular complexity index is 401. The van der Waals surface area contributed by atoms with E-state index in [9.17, 15) is 0 Å². The molecule has 1 fully saturated rings. The molecule has 1 saturated heterocycles. The summed E-state index contributed by atoms with van der Waals surface area (Å²) < 4.78 is 0. The van der Waals surface area contributed by atoms with E-state index in [4.69, 9.17) is 10.2 Å². The second-order valence-corrected chi connectivity index (χ2v) is 6.11. The summed E-state index contributed by atoms with van der Waals surface area (Å²) in [5, 5.41) is 18.2. The second-order valence-electron chi connectivity index (χ2n) is 6.11. The molecule has 1 aromatic rings. The van der Waals surface area contributed by atoms with Gasteiger partial charge in [0.05, 0.1) is 0 Å². The van der Waals surface area contributed by atoms with Gasteiger partial charge in [-0.2, -0.15) is 0 Å². The molecule has 2 rings (SSSR count). The zero-order chi connectivity index (χ0) is 14.0. The molecular formula is C15H24N2O2. The van der Waals surface area contributed by atoms with E-state index in [-0.39, 0.29) is 5.54 Å². The van der Waals surface area contributed by atoms with E-state index < -0.39 is 6.29 Å². The van der Waals surface area contributed by atoms with E-state index in [0.717, 1.165) is 31.9 Å². The lowest BCUT2D eigenvalue weighted by atomic mass is 10.0. The second kappa shape index (κ2) is 5.49. The smallest absolute Gasteiger partial charge is 0.178 e. The third-order valence-corrected chi connectivity index (χ3v) is 3.78. The number of hydrogen-bond acceptors (Lipinski definition) is 4. The van der Waals surface area contributed by atoms with Crippen LogP contribution in [0.5, 0.6) is 0 Å². The molecule has 4 heteroatoms. The predicted octanol–water partition coefficient (Wildman–Crippen LogP) is 1.59. The maximum absolute atomic E-state index is 9.08. The molecule has 19 heavy (non-hydrogen) atoms. The number of rotatable bonds is 2. The zero-order valence-electron chi connectivity index (χ0n) is 12.0. The highest BCUT2D eigenvalue weighted by Crippen LogP contribution is 2.22. The van der Waals surface area contributed by atoms with Crippen molar-refractivity contribution in [1.29, 1.82) is 0 Å². The molecule has 1 heterocycles. The summed E-state index contributed by atoms with van der Waals surface area (Å²) in [6, 6.07) is 7.47. The summed E-state index contributed by atoms with van der Waals surface area (Å²) in [4.78, 5) is 4.84. The van der Waals surface area contributed by atoms with Crippen LogP contribution in [0.2, 0.25) is 0 Å². The minimum atomic E-state index is -1.38. The van der Waals surface area contributed by atoms with Crippen LogP contribution in [0, 0.1) is 0 Å². The van der Waals surface area contributed by atoms with Crippen LogP contribution < -0.4 is 4.90 Å². The van der Waals surface area contributed by atoms with Gasteiger partial charge < -0.3 is 15.1 Å². The van der Waals surface area contributed by atoms with Crippen molar-refractivity contribution in [3.05, 3.63) is 29.8 Å². The quantitative estimate of drug-likeness (QED) is 0.796. The lowest BCUT2D eigenvalue weighted by Crippen LogP contribution is -2.53. The average molecular weight is 264 g/mol. The van der Waals surface area contributed by atoms with Crippen LogP contribution in [-0.4, -0.2) is 46.8 Å². The third kappa shape index (κ3) is 3.47. The Morgan fingerprint density at radius 2 is 1.47 bits per heavy atom. The van der Waals surface area contributed by atoms with E-state index in [0.29, 0.717) is 5.56 Å². The van der Waals surface area contributed by atoms with Crippen LogP contribution in [0.1, 0.15) is 32.6 Å². The highest BCUT2D eigenvalue weighted by molar-refractivity contribution is 5.48. The van der Waals surface area contributed by atoms with Gasteiger partial charge in [0.2, 0.25) is 0 Å². The van der Waals surface area contributed by atoms with E-state index in [1.165, 1.54) is 0 Å². The standard InChI is InChI=1S/C15H24N2O2/c1-15(2,3)17-10-8-16(9-11-17)13-6-4-12(5-7-13)14(18)19/h4-7,14,18-19H,8-11H2,1-3H3. The van der Waals surface area contributed by atoms with E-state index in [2.05, 4.69) is 30.6 Å². The van der Waals surface area contributed by atoms with Crippen LogP contribution in [0.15, 0.2) is 24.3 Å². The maximum atomic E-state index is 9.08. The molecule has 1 aliphatic rings. The third-order valence-electron chi connectivity index (χ3n) is 3.78. The van der Waals surface area contributed by atoms with E-state index in [1.54, 1.807) is 12.1 Å². The maximum Gasteiger partial charge on any atom is 0.178 e. The first-order chi connectivity index (χ1) is 8.88. The van der Waals surface area contributed by atoms with Gasteiger partial charge in [0.1, 0.15) is 0 Å². The van der Waals surface area contributed by atoms with Crippen molar-refractivity contribution in [3.8, 4) is 0 Å². The molecule has 0 aromatic heterocycles. The van der Waals surface area contributed by atoms with Gasteiger partial charge in [0.25, 0.3) is 0 Å². The van der Waals surface area contributed by atoms with Crippen molar-refractivity contribution < 1.29 is 10.2 Å². The highest BCUT2D eigenvalue weighted by atomic mass is 16.5.